The molecule has 3 nitrogen and oxygen atoms in total. The van der Waals surface area contributed by atoms with Crippen molar-refractivity contribution in [2.24, 2.45) is 29.4 Å². The Labute approximate surface area is 117 Å². The normalized spacial score (nSPS) is 44.2. The average molecular weight is 266 g/mol. The van der Waals surface area contributed by atoms with Crippen LogP contribution in [0.1, 0.15) is 53.4 Å². The van der Waals surface area contributed by atoms with Gasteiger partial charge in [-0.25, -0.2) is 0 Å². The third kappa shape index (κ3) is 3.13. The summed E-state index contributed by atoms with van der Waals surface area (Å²) in [6, 6.07) is 0.690. The van der Waals surface area contributed by atoms with Crippen LogP contribution in [0.15, 0.2) is 0 Å². The molecule has 1 aliphatic carbocycles. The molecule has 1 saturated heterocycles. The first kappa shape index (κ1) is 14.8. The Kier molecular flexibility index (Phi) is 4.54. The SMILES string of the molecule is CC1CC(C)C(C)N(C(=O)C2CCC(N)C(C)C2)C1. The van der Waals surface area contributed by atoms with E-state index in [1.165, 1.54) is 6.42 Å². The number of piperidine rings is 1. The van der Waals surface area contributed by atoms with Crippen LogP contribution >= 0.6 is 0 Å². The molecule has 1 amide bonds. The van der Waals surface area contributed by atoms with Crippen LogP contribution in [0.2, 0.25) is 0 Å². The van der Waals surface area contributed by atoms with Gasteiger partial charge >= 0.3 is 0 Å². The van der Waals surface area contributed by atoms with Crippen LogP contribution in [-0.4, -0.2) is 29.4 Å². The zero-order chi connectivity index (χ0) is 14.2. The molecule has 2 N–H and O–H groups in total. The number of carbonyl (C=O) groups is 1. The molecule has 0 aromatic rings. The predicted octanol–water partition coefficient (Wildman–Crippen LogP) is 2.64. The first-order chi connectivity index (χ1) is 8.90. The molecular weight excluding hydrogens is 236 g/mol. The molecule has 110 valence electrons. The molecule has 19 heavy (non-hydrogen) atoms. The summed E-state index contributed by atoms with van der Waals surface area (Å²) in [5.74, 6) is 2.35. The number of nitrogens with zero attached hydrogens (tertiary/aromatic N) is 1. The van der Waals surface area contributed by atoms with Crippen LogP contribution in [0.3, 0.4) is 0 Å². The summed E-state index contributed by atoms with van der Waals surface area (Å²) in [7, 11) is 0. The van der Waals surface area contributed by atoms with Crippen LogP contribution in [-0.2, 0) is 4.79 Å². The summed E-state index contributed by atoms with van der Waals surface area (Å²) in [4.78, 5) is 15.0. The van der Waals surface area contributed by atoms with Gasteiger partial charge < -0.3 is 10.6 Å². The van der Waals surface area contributed by atoms with Crippen molar-refractivity contribution < 1.29 is 4.79 Å². The quantitative estimate of drug-likeness (QED) is 0.793. The fourth-order valence-electron chi connectivity index (χ4n) is 3.88. The molecule has 0 aromatic carbocycles. The minimum atomic E-state index is 0.217. The lowest BCUT2D eigenvalue weighted by atomic mass is 9.77. The van der Waals surface area contributed by atoms with E-state index in [9.17, 15) is 4.79 Å². The highest BCUT2D eigenvalue weighted by atomic mass is 16.2. The Morgan fingerprint density at radius 2 is 1.74 bits per heavy atom. The van der Waals surface area contributed by atoms with Crippen molar-refractivity contribution in [2.75, 3.05) is 6.54 Å². The van der Waals surface area contributed by atoms with Gasteiger partial charge in [-0.1, -0.05) is 20.8 Å². The highest BCUT2D eigenvalue weighted by molar-refractivity contribution is 5.79. The van der Waals surface area contributed by atoms with E-state index in [0.717, 1.165) is 25.8 Å². The standard InChI is InChI=1S/C16H30N2O/c1-10-7-11(2)13(4)18(9-10)16(19)14-5-6-15(17)12(3)8-14/h10-15H,5-9,17H2,1-4H3. The smallest absolute Gasteiger partial charge is 0.225 e. The summed E-state index contributed by atoms with van der Waals surface area (Å²) in [5.41, 5.74) is 6.07. The highest BCUT2D eigenvalue weighted by Gasteiger charge is 2.37. The molecule has 2 rings (SSSR count). The van der Waals surface area contributed by atoms with Crippen LogP contribution in [0.5, 0.6) is 0 Å². The second-order valence-electron chi connectivity index (χ2n) is 7.20. The summed E-state index contributed by atoms with van der Waals surface area (Å²) < 4.78 is 0. The summed E-state index contributed by atoms with van der Waals surface area (Å²) >= 11 is 0. The monoisotopic (exact) mass is 266 g/mol. The molecule has 6 unspecified atom stereocenters. The van der Waals surface area contributed by atoms with E-state index in [4.69, 9.17) is 5.73 Å². The maximum atomic E-state index is 12.8. The van der Waals surface area contributed by atoms with E-state index in [2.05, 4.69) is 32.6 Å². The lowest BCUT2D eigenvalue weighted by Crippen LogP contribution is -2.52. The fourth-order valence-corrected chi connectivity index (χ4v) is 3.88. The molecule has 2 aliphatic rings. The number of likely N-dealkylation sites (tertiary alicyclic amines) is 1. The predicted molar refractivity (Wildman–Crippen MR) is 78.6 cm³/mol. The molecule has 3 heteroatoms. The van der Waals surface area contributed by atoms with Gasteiger partial charge in [-0.15, -0.1) is 0 Å². The Balaban J connectivity index is 2.02. The Bertz CT molecular complexity index is 331. The van der Waals surface area contributed by atoms with Crippen molar-refractivity contribution in [3.8, 4) is 0 Å². The lowest BCUT2D eigenvalue weighted by molar-refractivity contribution is -0.143. The van der Waals surface area contributed by atoms with Gasteiger partial charge in [0.15, 0.2) is 0 Å². The van der Waals surface area contributed by atoms with Crippen molar-refractivity contribution in [2.45, 2.75) is 65.5 Å². The zero-order valence-corrected chi connectivity index (χ0v) is 12.9. The Hall–Kier alpha value is -0.570. The number of hydrogen-bond donors (Lipinski definition) is 1. The Morgan fingerprint density at radius 1 is 1.05 bits per heavy atom. The number of nitrogens with two attached hydrogens (primary N) is 1. The largest absolute Gasteiger partial charge is 0.339 e. The molecule has 0 bridgehead atoms. The van der Waals surface area contributed by atoms with Gasteiger partial charge in [0, 0.05) is 24.5 Å². The molecular formula is C16H30N2O. The van der Waals surface area contributed by atoms with Crippen molar-refractivity contribution in [1.82, 2.24) is 4.90 Å². The number of amides is 1. The van der Waals surface area contributed by atoms with Gasteiger partial charge in [-0.2, -0.15) is 0 Å². The number of carbonyl (C=O) groups excluding carboxylic acids is 1. The number of hydrogen-bond acceptors (Lipinski definition) is 2. The van der Waals surface area contributed by atoms with Crippen LogP contribution in [0.4, 0.5) is 0 Å². The molecule has 1 saturated carbocycles. The van der Waals surface area contributed by atoms with Crippen molar-refractivity contribution in [1.29, 1.82) is 0 Å². The number of rotatable bonds is 1. The van der Waals surface area contributed by atoms with Gasteiger partial charge in [-0.3, -0.25) is 4.79 Å². The van der Waals surface area contributed by atoms with Gasteiger partial charge in [0.05, 0.1) is 0 Å². The summed E-state index contributed by atoms with van der Waals surface area (Å²) in [6.45, 7) is 9.89. The molecule has 2 fully saturated rings. The second kappa shape index (κ2) is 5.82. The van der Waals surface area contributed by atoms with Gasteiger partial charge in [0.1, 0.15) is 0 Å². The molecule has 0 radical (unpaired) electrons. The first-order valence-electron chi connectivity index (χ1n) is 7.96. The zero-order valence-electron chi connectivity index (χ0n) is 12.9. The average Bonchev–Trinajstić information content (AvgIpc) is 2.36. The minimum absolute atomic E-state index is 0.217. The van der Waals surface area contributed by atoms with E-state index in [1.807, 2.05) is 0 Å². The molecule has 1 heterocycles. The summed E-state index contributed by atoms with van der Waals surface area (Å²) in [5, 5.41) is 0. The maximum absolute atomic E-state index is 12.8. The van der Waals surface area contributed by atoms with E-state index in [1.54, 1.807) is 0 Å². The van der Waals surface area contributed by atoms with E-state index < -0.39 is 0 Å². The summed E-state index contributed by atoms with van der Waals surface area (Å²) in [6.07, 6.45) is 4.21. The molecule has 0 spiro atoms. The van der Waals surface area contributed by atoms with E-state index in [0.29, 0.717) is 35.7 Å². The van der Waals surface area contributed by atoms with Crippen molar-refractivity contribution in [3.05, 3.63) is 0 Å². The lowest BCUT2D eigenvalue weighted by Gasteiger charge is -2.44. The van der Waals surface area contributed by atoms with Crippen LogP contribution < -0.4 is 5.73 Å². The van der Waals surface area contributed by atoms with Gasteiger partial charge in [0.25, 0.3) is 0 Å². The highest BCUT2D eigenvalue weighted by Crippen LogP contribution is 2.33. The minimum Gasteiger partial charge on any atom is -0.339 e. The first-order valence-corrected chi connectivity index (χ1v) is 7.96. The third-order valence-electron chi connectivity index (χ3n) is 5.47. The van der Waals surface area contributed by atoms with Crippen molar-refractivity contribution >= 4 is 5.91 Å². The van der Waals surface area contributed by atoms with Gasteiger partial charge in [0.2, 0.25) is 5.91 Å². The Morgan fingerprint density at radius 3 is 2.37 bits per heavy atom. The molecule has 1 aliphatic heterocycles. The van der Waals surface area contributed by atoms with Crippen LogP contribution in [0.25, 0.3) is 0 Å². The van der Waals surface area contributed by atoms with E-state index >= 15 is 0 Å². The topological polar surface area (TPSA) is 46.3 Å². The third-order valence-corrected chi connectivity index (χ3v) is 5.47. The van der Waals surface area contributed by atoms with Gasteiger partial charge in [-0.05, 0) is 50.4 Å². The maximum Gasteiger partial charge on any atom is 0.225 e. The molecule has 0 aromatic heterocycles. The second-order valence-corrected chi connectivity index (χ2v) is 7.20. The van der Waals surface area contributed by atoms with Crippen LogP contribution in [0, 0.1) is 23.7 Å². The fraction of sp³-hybridized carbons (Fsp3) is 0.938. The van der Waals surface area contributed by atoms with Crippen molar-refractivity contribution in [3.63, 3.8) is 0 Å². The van der Waals surface area contributed by atoms with E-state index in [-0.39, 0.29) is 5.92 Å². The molecule has 6 atom stereocenters.